The highest BCUT2D eigenvalue weighted by Crippen LogP contribution is 2.02. The first-order valence-electron chi connectivity index (χ1n) is 5.70. The summed E-state index contributed by atoms with van der Waals surface area (Å²) in [5, 5.41) is 3.32. The van der Waals surface area contributed by atoms with Crippen LogP contribution in [0.15, 0.2) is 0 Å². The lowest BCUT2D eigenvalue weighted by Gasteiger charge is -2.17. The first kappa shape index (κ1) is 15.1. The summed E-state index contributed by atoms with van der Waals surface area (Å²) in [6.45, 7) is 8.08. The van der Waals surface area contributed by atoms with Gasteiger partial charge in [0.05, 0.1) is 0 Å². The molecule has 0 aliphatic rings. The molecule has 0 radical (unpaired) electrons. The Balaban J connectivity index is 3.27. The van der Waals surface area contributed by atoms with Crippen molar-refractivity contribution < 1.29 is 9.16 Å². The van der Waals surface area contributed by atoms with E-state index in [1.165, 1.54) is 6.04 Å². The minimum absolute atomic E-state index is 0.0521. The first-order chi connectivity index (χ1) is 7.06. The molecule has 0 saturated carbocycles. The topological polar surface area (TPSA) is 56.5 Å². The Kier molecular flexibility index (Phi) is 9.33. The molecule has 0 spiro atoms. The van der Waals surface area contributed by atoms with Crippen LogP contribution in [0.2, 0.25) is 12.6 Å². The van der Waals surface area contributed by atoms with Gasteiger partial charge in [-0.1, -0.05) is 0 Å². The number of rotatable bonds is 9. The van der Waals surface area contributed by atoms with Crippen molar-refractivity contribution in [3.05, 3.63) is 0 Å². The molecule has 3 atom stereocenters. The number of nitrogens with two attached hydrogens (primary N) is 1. The van der Waals surface area contributed by atoms with Crippen LogP contribution in [0.3, 0.4) is 0 Å². The smallest absolute Gasteiger partial charge is 0.177 e. The van der Waals surface area contributed by atoms with Crippen LogP contribution in [0, 0.1) is 0 Å². The van der Waals surface area contributed by atoms with Crippen LogP contribution in [0.4, 0.5) is 0 Å². The summed E-state index contributed by atoms with van der Waals surface area (Å²) in [6.07, 6.45) is 1.11. The van der Waals surface area contributed by atoms with Gasteiger partial charge in [0.15, 0.2) is 9.04 Å². The van der Waals surface area contributed by atoms with Crippen molar-refractivity contribution >= 4 is 9.04 Å². The fraction of sp³-hybridized carbons (Fsp3) is 1.00. The SMILES string of the molecule is COC(C)O[SiH](C)CCCNCC(C)N. The highest BCUT2D eigenvalue weighted by molar-refractivity contribution is 6.50. The normalized spacial score (nSPS) is 17.4. The van der Waals surface area contributed by atoms with E-state index in [4.69, 9.17) is 14.9 Å². The third-order valence-electron chi connectivity index (χ3n) is 2.19. The third-order valence-corrected chi connectivity index (χ3v) is 4.26. The van der Waals surface area contributed by atoms with Crippen LogP contribution < -0.4 is 11.1 Å². The summed E-state index contributed by atoms with van der Waals surface area (Å²) in [6, 6.07) is 1.42. The minimum atomic E-state index is -1.04. The van der Waals surface area contributed by atoms with Gasteiger partial charge >= 0.3 is 0 Å². The van der Waals surface area contributed by atoms with Crippen molar-refractivity contribution in [1.29, 1.82) is 0 Å². The number of nitrogens with one attached hydrogen (secondary N) is 1. The molecule has 0 aromatic rings. The number of hydrogen-bond donors (Lipinski definition) is 2. The lowest BCUT2D eigenvalue weighted by Crippen LogP contribution is -2.32. The maximum atomic E-state index is 5.69. The Labute approximate surface area is 95.2 Å². The largest absolute Gasteiger partial charge is 0.396 e. The fourth-order valence-corrected chi connectivity index (χ4v) is 2.98. The van der Waals surface area contributed by atoms with Crippen LogP contribution >= 0.6 is 0 Å². The van der Waals surface area contributed by atoms with Crippen molar-refractivity contribution in [3.8, 4) is 0 Å². The summed E-state index contributed by atoms with van der Waals surface area (Å²) in [5.41, 5.74) is 5.62. The Morgan fingerprint density at radius 2 is 2.07 bits per heavy atom. The molecule has 0 amide bonds. The Bertz CT molecular complexity index is 147. The second-order valence-electron chi connectivity index (χ2n) is 4.07. The van der Waals surface area contributed by atoms with Crippen molar-refractivity contribution in [1.82, 2.24) is 5.32 Å². The zero-order valence-corrected chi connectivity index (χ0v) is 11.6. The third kappa shape index (κ3) is 10.3. The molecular weight excluding hydrogens is 208 g/mol. The van der Waals surface area contributed by atoms with Crippen molar-refractivity contribution in [2.24, 2.45) is 5.73 Å². The van der Waals surface area contributed by atoms with Crippen LogP contribution in [-0.4, -0.2) is 41.6 Å². The Morgan fingerprint density at radius 3 is 2.60 bits per heavy atom. The van der Waals surface area contributed by atoms with Crippen LogP contribution in [0.25, 0.3) is 0 Å². The van der Waals surface area contributed by atoms with Gasteiger partial charge in [-0.3, -0.25) is 0 Å². The molecule has 0 fully saturated rings. The van der Waals surface area contributed by atoms with Crippen LogP contribution in [-0.2, 0) is 9.16 Å². The average Bonchev–Trinajstić information content (AvgIpc) is 2.16. The van der Waals surface area contributed by atoms with Crippen molar-refractivity contribution in [3.63, 3.8) is 0 Å². The monoisotopic (exact) mass is 234 g/mol. The predicted octanol–water partition coefficient (Wildman–Crippen LogP) is 0.676. The molecule has 0 bridgehead atoms. The Hall–Kier alpha value is 0.0569. The average molecular weight is 234 g/mol. The van der Waals surface area contributed by atoms with Gasteiger partial charge in [-0.05, 0) is 39.4 Å². The fourth-order valence-electron chi connectivity index (χ4n) is 1.29. The molecule has 92 valence electrons. The molecule has 4 nitrogen and oxygen atoms in total. The molecule has 0 saturated heterocycles. The van der Waals surface area contributed by atoms with Gasteiger partial charge in [0.1, 0.15) is 6.29 Å². The van der Waals surface area contributed by atoms with E-state index in [-0.39, 0.29) is 12.3 Å². The van der Waals surface area contributed by atoms with Gasteiger partial charge in [-0.2, -0.15) is 0 Å². The standard InChI is InChI=1S/C10H26N2O2Si/c1-9(11)8-12-6-5-7-15(4)14-10(2)13-3/h9-10,12,15H,5-8,11H2,1-4H3. The maximum absolute atomic E-state index is 5.69. The summed E-state index contributed by atoms with van der Waals surface area (Å²) < 4.78 is 10.8. The summed E-state index contributed by atoms with van der Waals surface area (Å²) in [5.74, 6) is 0. The number of hydrogen-bond acceptors (Lipinski definition) is 4. The highest BCUT2D eigenvalue weighted by Gasteiger charge is 2.08. The quantitative estimate of drug-likeness (QED) is 0.350. The molecular formula is C10H26N2O2Si. The van der Waals surface area contributed by atoms with Crippen molar-refractivity contribution in [2.75, 3.05) is 20.2 Å². The van der Waals surface area contributed by atoms with E-state index in [2.05, 4.69) is 11.9 Å². The molecule has 5 heteroatoms. The molecule has 0 rings (SSSR count). The molecule has 0 aliphatic carbocycles. The van der Waals surface area contributed by atoms with E-state index in [9.17, 15) is 0 Å². The van der Waals surface area contributed by atoms with E-state index < -0.39 is 9.04 Å². The zero-order chi connectivity index (χ0) is 11.7. The molecule has 3 unspecified atom stereocenters. The van der Waals surface area contributed by atoms with E-state index in [1.54, 1.807) is 7.11 Å². The maximum Gasteiger partial charge on any atom is 0.177 e. The summed E-state index contributed by atoms with van der Waals surface area (Å²) in [7, 11) is 0.635. The second kappa shape index (κ2) is 9.29. The molecule has 15 heavy (non-hydrogen) atoms. The molecule has 0 aliphatic heterocycles. The van der Waals surface area contributed by atoms with Gasteiger partial charge in [-0.25, -0.2) is 0 Å². The molecule has 0 aromatic carbocycles. The first-order valence-corrected chi connectivity index (χ1v) is 8.15. The van der Waals surface area contributed by atoms with Gasteiger partial charge in [-0.15, -0.1) is 0 Å². The van der Waals surface area contributed by atoms with Gasteiger partial charge in [0.25, 0.3) is 0 Å². The molecule has 3 N–H and O–H groups in total. The van der Waals surface area contributed by atoms with Gasteiger partial charge < -0.3 is 20.2 Å². The van der Waals surface area contributed by atoms with Gasteiger partial charge in [0.2, 0.25) is 0 Å². The van der Waals surface area contributed by atoms with Crippen LogP contribution in [0.5, 0.6) is 0 Å². The van der Waals surface area contributed by atoms with E-state index >= 15 is 0 Å². The summed E-state index contributed by atoms with van der Waals surface area (Å²) in [4.78, 5) is 0. The lowest BCUT2D eigenvalue weighted by molar-refractivity contribution is -0.0408. The second-order valence-corrected chi connectivity index (χ2v) is 6.54. The highest BCUT2D eigenvalue weighted by atomic mass is 28.3. The van der Waals surface area contributed by atoms with Crippen LogP contribution in [0.1, 0.15) is 20.3 Å². The zero-order valence-electron chi connectivity index (χ0n) is 10.5. The molecule has 0 aromatic heterocycles. The number of methoxy groups -OCH3 is 1. The van der Waals surface area contributed by atoms with E-state index in [1.807, 2.05) is 13.8 Å². The predicted molar refractivity (Wildman–Crippen MR) is 66.5 cm³/mol. The van der Waals surface area contributed by atoms with E-state index in [0.717, 1.165) is 19.5 Å². The number of ether oxygens (including phenoxy) is 1. The van der Waals surface area contributed by atoms with Gasteiger partial charge in [0, 0.05) is 19.7 Å². The van der Waals surface area contributed by atoms with E-state index in [0.29, 0.717) is 0 Å². The lowest BCUT2D eigenvalue weighted by atomic mass is 10.3. The Morgan fingerprint density at radius 1 is 1.40 bits per heavy atom. The minimum Gasteiger partial charge on any atom is -0.396 e. The summed E-state index contributed by atoms with van der Waals surface area (Å²) >= 11 is 0. The van der Waals surface area contributed by atoms with Crippen molar-refractivity contribution in [2.45, 2.75) is 45.2 Å². The molecule has 0 heterocycles.